The van der Waals surface area contributed by atoms with E-state index in [1.54, 1.807) is 0 Å². The standard InChI is InChI=1S/C29H30FN5O4/c1-16(28(32)37)3-2-10-39-26-25(33-15-34-27(26)31)22-12-20(30)13-24(23(22)14-36)35-9-8-19-11-18(17-4-5-17)6-7-21(19)29(35)38/h6-7,11-13,15,17,36H,1-5,8-10,14H2,(H2,32,37)(H2,31,33,34). The van der Waals surface area contributed by atoms with Crippen molar-refractivity contribution in [3.05, 3.63) is 76.9 Å². The molecule has 5 rings (SSSR count). The van der Waals surface area contributed by atoms with E-state index in [1.165, 1.54) is 41.8 Å². The fourth-order valence-corrected chi connectivity index (χ4v) is 4.95. The third-order valence-corrected chi connectivity index (χ3v) is 7.20. The second kappa shape index (κ2) is 10.8. The van der Waals surface area contributed by atoms with E-state index in [0.29, 0.717) is 42.9 Å². The van der Waals surface area contributed by atoms with Gasteiger partial charge in [-0.25, -0.2) is 14.4 Å². The lowest BCUT2D eigenvalue weighted by Crippen LogP contribution is -2.38. The summed E-state index contributed by atoms with van der Waals surface area (Å²) >= 11 is 0. The Balaban J connectivity index is 1.47. The van der Waals surface area contributed by atoms with Crippen molar-refractivity contribution in [3.8, 4) is 17.0 Å². The normalized spacial score (nSPS) is 14.7. The summed E-state index contributed by atoms with van der Waals surface area (Å²) in [4.78, 5) is 34.5. The van der Waals surface area contributed by atoms with Gasteiger partial charge in [-0.15, -0.1) is 0 Å². The zero-order valence-corrected chi connectivity index (χ0v) is 21.5. The number of primary amides is 1. The van der Waals surface area contributed by atoms with Crippen LogP contribution in [-0.2, 0) is 17.8 Å². The molecule has 1 fully saturated rings. The molecule has 2 amide bonds. The molecule has 1 saturated carbocycles. The van der Waals surface area contributed by atoms with Crippen molar-refractivity contribution in [1.29, 1.82) is 0 Å². The van der Waals surface area contributed by atoms with Crippen LogP contribution in [0, 0.1) is 5.82 Å². The number of aromatic nitrogens is 2. The summed E-state index contributed by atoms with van der Waals surface area (Å²) < 4.78 is 20.9. The summed E-state index contributed by atoms with van der Waals surface area (Å²) in [6.45, 7) is 3.62. The first-order chi connectivity index (χ1) is 18.8. The van der Waals surface area contributed by atoms with Crippen molar-refractivity contribution in [2.45, 2.75) is 44.6 Å². The van der Waals surface area contributed by atoms with Crippen LogP contribution in [0.15, 0.2) is 48.8 Å². The summed E-state index contributed by atoms with van der Waals surface area (Å²) in [5.41, 5.74) is 15.4. The summed E-state index contributed by atoms with van der Waals surface area (Å²) in [5, 5.41) is 10.4. The Hall–Kier alpha value is -4.31. The van der Waals surface area contributed by atoms with Crippen LogP contribution in [0.5, 0.6) is 5.75 Å². The summed E-state index contributed by atoms with van der Waals surface area (Å²) in [7, 11) is 0. The summed E-state index contributed by atoms with van der Waals surface area (Å²) in [6, 6.07) is 8.42. The van der Waals surface area contributed by atoms with E-state index in [2.05, 4.69) is 22.6 Å². The number of amides is 2. The molecule has 10 heteroatoms. The van der Waals surface area contributed by atoms with E-state index in [-0.39, 0.29) is 46.6 Å². The lowest BCUT2D eigenvalue weighted by atomic mass is 9.93. The van der Waals surface area contributed by atoms with Crippen LogP contribution >= 0.6 is 0 Å². The molecule has 2 heterocycles. The number of aliphatic hydroxyl groups is 1. The predicted octanol–water partition coefficient (Wildman–Crippen LogP) is 3.64. The minimum Gasteiger partial charge on any atom is -0.488 e. The number of fused-ring (bicyclic) bond motifs is 1. The number of halogens is 1. The average molecular weight is 532 g/mol. The highest BCUT2D eigenvalue weighted by Crippen LogP contribution is 2.42. The fourth-order valence-electron chi connectivity index (χ4n) is 4.95. The molecular formula is C29H30FN5O4. The molecule has 0 saturated heterocycles. The number of hydrogen-bond donors (Lipinski definition) is 3. The highest BCUT2D eigenvalue weighted by molar-refractivity contribution is 6.09. The van der Waals surface area contributed by atoms with E-state index in [9.17, 15) is 14.7 Å². The van der Waals surface area contributed by atoms with E-state index >= 15 is 4.39 Å². The second-order valence-corrected chi connectivity index (χ2v) is 9.86. The highest BCUT2D eigenvalue weighted by Gasteiger charge is 2.31. The fraction of sp³-hybridized carbons (Fsp3) is 0.310. The first kappa shape index (κ1) is 26.3. The molecular weight excluding hydrogens is 501 g/mol. The quantitative estimate of drug-likeness (QED) is 0.268. The minimum atomic E-state index is -0.610. The topological polar surface area (TPSA) is 145 Å². The molecule has 9 nitrogen and oxygen atoms in total. The van der Waals surface area contributed by atoms with Gasteiger partial charge in [-0.3, -0.25) is 9.59 Å². The molecule has 1 aliphatic heterocycles. The molecule has 0 radical (unpaired) electrons. The Morgan fingerprint density at radius 3 is 2.72 bits per heavy atom. The number of ether oxygens (including phenoxy) is 1. The molecule has 5 N–H and O–H groups in total. The van der Waals surface area contributed by atoms with Crippen molar-refractivity contribution in [2.75, 3.05) is 23.8 Å². The van der Waals surface area contributed by atoms with E-state index < -0.39 is 18.3 Å². The van der Waals surface area contributed by atoms with Crippen molar-refractivity contribution in [1.82, 2.24) is 9.97 Å². The molecule has 0 atom stereocenters. The van der Waals surface area contributed by atoms with Gasteiger partial charge in [-0.2, -0.15) is 0 Å². The van der Waals surface area contributed by atoms with Crippen molar-refractivity contribution in [2.24, 2.45) is 5.73 Å². The zero-order chi connectivity index (χ0) is 27.7. The average Bonchev–Trinajstić information content (AvgIpc) is 3.77. The third-order valence-electron chi connectivity index (χ3n) is 7.20. The van der Waals surface area contributed by atoms with Gasteiger partial charge in [-0.1, -0.05) is 18.7 Å². The summed E-state index contributed by atoms with van der Waals surface area (Å²) in [6.07, 6.45) is 4.92. The van der Waals surface area contributed by atoms with Crippen LogP contribution in [0.25, 0.3) is 11.3 Å². The van der Waals surface area contributed by atoms with Crippen LogP contribution in [0.2, 0.25) is 0 Å². The minimum absolute atomic E-state index is 0.0258. The molecule has 1 aliphatic carbocycles. The lowest BCUT2D eigenvalue weighted by Gasteiger charge is -2.31. The maximum atomic E-state index is 15.1. The van der Waals surface area contributed by atoms with Gasteiger partial charge in [0.2, 0.25) is 5.91 Å². The summed E-state index contributed by atoms with van der Waals surface area (Å²) in [5.74, 6) is -0.738. The maximum Gasteiger partial charge on any atom is 0.258 e. The Labute approximate surface area is 225 Å². The number of hydrogen-bond acceptors (Lipinski definition) is 7. The number of nitrogens with two attached hydrogens (primary N) is 2. The Kier molecular flexibility index (Phi) is 7.30. The number of rotatable bonds is 10. The van der Waals surface area contributed by atoms with Gasteiger partial charge in [0.15, 0.2) is 11.6 Å². The molecule has 3 aromatic rings. The third kappa shape index (κ3) is 5.33. The first-order valence-corrected chi connectivity index (χ1v) is 12.9. The number of nitrogen functional groups attached to an aromatic ring is 1. The smallest absolute Gasteiger partial charge is 0.258 e. The second-order valence-electron chi connectivity index (χ2n) is 9.86. The van der Waals surface area contributed by atoms with Crippen LogP contribution in [0.4, 0.5) is 15.9 Å². The number of anilines is 2. The van der Waals surface area contributed by atoms with E-state index in [0.717, 1.165) is 5.56 Å². The van der Waals surface area contributed by atoms with Gasteiger partial charge in [0.05, 0.1) is 18.9 Å². The number of nitrogens with zero attached hydrogens (tertiary/aromatic N) is 3. The zero-order valence-electron chi connectivity index (χ0n) is 21.5. The van der Waals surface area contributed by atoms with Crippen molar-refractivity contribution >= 4 is 23.3 Å². The molecule has 0 bridgehead atoms. The first-order valence-electron chi connectivity index (χ1n) is 12.9. The number of benzene rings is 2. The Morgan fingerprint density at radius 1 is 1.21 bits per heavy atom. The maximum absolute atomic E-state index is 15.1. The molecule has 0 spiro atoms. The van der Waals surface area contributed by atoms with Gasteiger partial charge < -0.3 is 26.2 Å². The van der Waals surface area contributed by atoms with Crippen LogP contribution in [-0.4, -0.2) is 40.0 Å². The van der Waals surface area contributed by atoms with E-state index in [1.807, 2.05) is 12.1 Å². The highest BCUT2D eigenvalue weighted by atomic mass is 19.1. The largest absolute Gasteiger partial charge is 0.488 e. The number of carbonyl (C=O) groups is 2. The SMILES string of the molecule is C=C(CCCOc1c(N)ncnc1-c1cc(F)cc(N2CCc3cc(C4CC4)ccc3C2=O)c1CO)C(N)=O. The lowest BCUT2D eigenvalue weighted by molar-refractivity contribution is -0.114. The van der Waals surface area contributed by atoms with Crippen LogP contribution in [0.1, 0.15) is 58.6 Å². The van der Waals surface area contributed by atoms with E-state index in [4.69, 9.17) is 16.2 Å². The van der Waals surface area contributed by atoms with Gasteiger partial charge in [0.1, 0.15) is 17.8 Å². The molecule has 39 heavy (non-hydrogen) atoms. The van der Waals surface area contributed by atoms with Gasteiger partial charge >= 0.3 is 0 Å². The predicted molar refractivity (Wildman–Crippen MR) is 145 cm³/mol. The van der Waals surface area contributed by atoms with Crippen LogP contribution in [0.3, 0.4) is 0 Å². The Bertz CT molecular complexity index is 1470. The van der Waals surface area contributed by atoms with Gasteiger partial charge in [0, 0.05) is 28.8 Å². The monoisotopic (exact) mass is 531 g/mol. The van der Waals surface area contributed by atoms with Crippen molar-refractivity contribution < 1.29 is 23.8 Å². The van der Waals surface area contributed by atoms with Crippen molar-refractivity contribution in [3.63, 3.8) is 0 Å². The molecule has 2 aromatic carbocycles. The molecule has 0 unspecified atom stereocenters. The molecule has 1 aromatic heterocycles. The molecule has 2 aliphatic rings. The number of carbonyl (C=O) groups excluding carboxylic acids is 2. The van der Waals surface area contributed by atoms with Crippen LogP contribution < -0.4 is 21.1 Å². The number of aliphatic hydroxyl groups excluding tert-OH is 1. The molecule has 202 valence electrons. The van der Waals surface area contributed by atoms with Gasteiger partial charge in [-0.05, 0) is 67.3 Å². The van der Waals surface area contributed by atoms with Gasteiger partial charge in [0.25, 0.3) is 5.91 Å². The Morgan fingerprint density at radius 2 is 2.00 bits per heavy atom.